The molecule has 212 valence electrons. The Hall–Kier alpha value is -4.57. The molecule has 2 aromatic heterocycles. The first kappa shape index (κ1) is 28.0. The first-order valence-electron chi connectivity index (χ1n) is 12.8. The highest BCUT2D eigenvalue weighted by Crippen LogP contribution is 2.41. The van der Waals surface area contributed by atoms with E-state index in [9.17, 15) is 18.4 Å². The van der Waals surface area contributed by atoms with Crippen LogP contribution in [0.4, 0.5) is 8.78 Å². The van der Waals surface area contributed by atoms with Crippen LogP contribution in [0.15, 0.2) is 70.3 Å². The molecule has 2 N–H and O–H groups in total. The van der Waals surface area contributed by atoms with Gasteiger partial charge in [0.15, 0.2) is 11.5 Å². The number of benzene rings is 3. The molecular formula is C30H27ClF2N4O4. The highest BCUT2D eigenvalue weighted by molar-refractivity contribution is 6.32. The van der Waals surface area contributed by atoms with Crippen LogP contribution in [0.25, 0.3) is 11.4 Å². The maximum atomic E-state index is 14.0. The summed E-state index contributed by atoms with van der Waals surface area (Å²) in [5.74, 6) is -1.12. The molecule has 3 aromatic carbocycles. The van der Waals surface area contributed by atoms with Crippen molar-refractivity contribution >= 4 is 11.6 Å². The topological polar surface area (TPSA) is 94.0 Å². The van der Waals surface area contributed by atoms with Gasteiger partial charge in [-0.25, -0.2) is 18.1 Å². The summed E-state index contributed by atoms with van der Waals surface area (Å²) in [5.41, 5.74) is 2.01. The van der Waals surface area contributed by atoms with E-state index in [1.165, 1.54) is 65.0 Å². The van der Waals surface area contributed by atoms with Crippen molar-refractivity contribution in [2.45, 2.75) is 26.7 Å². The largest absolute Gasteiger partial charge is 0.493 e. The molecule has 0 bridgehead atoms. The van der Waals surface area contributed by atoms with E-state index in [0.717, 1.165) is 0 Å². The lowest BCUT2D eigenvalue weighted by Gasteiger charge is -2.19. The van der Waals surface area contributed by atoms with E-state index in [4.69, 9.17) is 21.1 Å². The lowest BCUT2D eigenvalue weighted by atomic mass is 9.85. The van der Waals surface area contributed by atoms with Crippen molar-refractivity contribution in [2.75, 3.05) is 13.7 Å². The summed E-state index contributed by atoms with van der Waals surface area (Å²) in [5, 5.41) is 6.36. The predicted molar refractivity (Wildman–Crippen MR) is 152 cm³/mol. The van der Waals surface area contributed by atoms with E-state index in [1.807, 2.05) is 6.92 Å². The van der Waals surface area contributed by atoms with Crippen LogP contribution in [0.5, 0.6) is 11.5 Å². The second-order valence-corrected chi connectivity index (χ2v) is 9.84. The summed E-state index contributed by atoms with van der Waals surface area (Å²) in [6.07, 6.45) is 0. The minimum atomic E-state index is -0.909. The van der Waals surface area contributed by atoms with Crippen molar-refractivity contribution in [1.29, 1.82) is 0 Å². The zero-order valence-corrected chi connectivity index (χ0v) is 23.5. The molecule has 11 heteroatoms. The van der Waals surface area contributed by atoms with Crippen LogP contribution in [0.1, 0.15) is 40.9 Å². The molecule has 5 rings (SSSR count). The number of hydrogen-bond acceptors (Lipinski definition) is 4. The summed E-state index contributed by atoms with van der Waals surface area (Å²) in [6, 6.07) is 14.3. The van der Waals surface area contributed by atoms with E-state index in [1.54, 1.807) is 26.0 Å². The molecule has 0 amide bonds. The predicted octanol–water partition coefficient (Wildman–Crippen LogP) is 5.78. The van der Waals surface area contributed by atoms with Crippen molar-refractivity contribution in [3.63, 3.8) is 0 Å². The summed E-state index contributed by atoms with van der Waals surface area (Å²) in [4.78, 5) is 28.0. The molecule has 0 radical (unpaired) electrons. The fraction of sp³-hybridized carbons (Fsp3) is 0.200. The highest BCUT2D eigenvalue weighted by atomic mass is 35.5. The fourth-order valence-corrected chi connectivity index (χ4v) is 5.29. The number of aromatic amines is 2. The molecule has 41 heavy (non-hydrogen) atoms. The number of aryl methyl sites for hydroxylation is 2. The quantitative estimate of drug-likeness (QED) is 0.243. The Bertz CT molecular complexity index is 1730. The number of nitrogens with zero attached hydrogens (tertiary/aromatic N) is 2. The smallest absolute Gasteiger partial charge is 0.275 e. The number of H-pyrrole nitrogens is 2. The minimum Gasteiger partial charge on any atom is -0.493 e. The van der Waals surface area contributed by atoms with Crippen LogP contribution in [-0.4, -0.2) is 33.3 Å². The summed E-state index contributed by atoms with van der Waals surface area (Å²) in [6.45, 7) is 5.60. The SMILES string of the molecule is CCOc1c(Cl)cc(C(c2c(C)[nH]n(-c3ccc(F)cc3)c2=O)c2c(C)[nH]n(-c3ccc(F)cc3)c2=O)cc1OC. The van der Waals surface area contributed by atoms with Crippen LogP contribution < -0.4 is 20.6 Å². The third-order valence-corrected chi connectivity index (χ3v) is 7.14. The van der Waals surface area contributed by atoms with Gasteiger partial charge in [-0.2, -0.15) is 0 Å². The monoisotopic (exact) mass is 580 g/mol. The second kappa shape index (κ2) is 11.1. The van der Waals surface area contributed by atoms with Gasteiger partial charge in [0, 0.05) is 17.3 Å². The standard InChI is InChI=1S/C30H27ClF2N4O4/c1-5-41-28-23(31)14-18(15-24(28)40-4)27(25-16(2)34-36(29(25)38)21-10-6-19(32)7-11-21)26-17(3)35-37(30(26)39)22-12-8-20(33)9-13-22/h6-15,27,34-35H,5H2,1-4H3. The van der Waals surface area contributed by atoms with Crippen LogP contribution >= 0.6 is 11.6 Å². The number of hydrogen-bond donors (Lipinski definition) is 2. The van der Waals surface area contributed by atoms with Gasteiger partial charge in [-0.3, -0.25) is 19.8 Å². The van der Waals surface area contributed by atoms with Gasteiger partial charge >= 0.3 is 0 Å². The third-order valence-electron chi connectivity index (χ3n) is 6.85. The normalized spacial score (nSPS) is 11.3. The maximum Gasteiger partial charge on any atom is 0.275 e. The van der Waals surface area contributed by atoms with Crippen molar-refractivity contribution < 1.29 is 18.3 Å². The van der Waals surface area contributed by atoms with Gasteiger partial charge in [0.1, 0.15) is 11.6 Å². The van der Waals surface area contributed by atoms with Gasteiger partial charge < -0.3 is 9.47 Å². The van der Waals surface area contributed by atoms with E-state index >= 15 is 0 Å². The highest BCUT2D eigenvalue weighted by Gasteiger charge is 2.32. The minimum absolute atomic E-state index is 0.241. The van der Waals surface area contributed by atoms with Crippen LogP contribution in [0, 0.1) is 25.5 Å². The van der Waals surface area contributed by atoms with Crippen LogP contribution in [0.3, 0.4) is 0 Å². The molecule has 2 heterocycles. The Morgan fingerprint density at radius 2 is 1.29 bits per heavy atom. The number of aromatic nitrogens is 4. The van der Waals surface area contributed by atoms with E-state index in [-0.39, 0.29) is 16.1 Å². The Morgan fingerprint density at radius 3 is 1.71 bits per heavy atom. The van der Waals surface area contributed by atoms with E-state index < -0.39 is 28.7 Å². The Balaban J connectivity index is 1.79. The van der Waals surface area contributed by atoms with Gasteiger partial charge in [-0.15, -0.1) is 0 Å². The maximum absolute atomic E-state index is 14.0. The third kappa shape index (κ3) is 5.06. The molecule has 0 saturated carbocycles. The second-order valence-electron chi connectivity index (χ2n) is 9.44. The summed E-state index contributed by atoms with van der Waals surface area (Å²) in [7, 11) is 1.47. The van der Waals surface area contributed by atoms with Crippen molar-refractivity contribution in [3.8, 4) is 22.9 Å². The van der Waals surface area contributed by atoms with Crippen LogP contribution in [0.2, 0.25) is 5.02 Å². The molecule has 0 atom stereocenters. The summed E-state index contributed by atoms with van der Waals surface area (Å²) >= 11 is 6.64. The molecule has 0 spiro atoms. The van der Waals surface area contributed by atoms with Gasteiger partial charge in [0.2, 0.25) is 0 Å². The average Bonchev–Trinajstić information content (AvgIpc) is 3.41. The Morgan fingerprint density at radius 1 is 0.829 bits per heavy atom. The number of ether oxygens (including phenoxy) is 2. The number of methoxy groups -OCH3 is 1. The van der Waals surface area contributed by atoms with Crippen molar-refractivity contribution in [3.05, 3.63) is 126 Å². The van der Waals surface area contributed by atoms with Gasteiger partial charge in [-0.1, -0.05) is 11.6 Å². The first-order chi connectivity index (χ1) is 19.6. The van der Waals surface area contributed by atoms with Crippen LogP contribution in [-0.2, 0) is 0 Å². The molecule has 0 aliphatic rings. The fourth-order valence-electron chi connectivity index (χ4n) is 5.01. The average molecular weight is 581 g/mol. The lowest BCUT2D eigenvalue weighted by molar-refractivity contribution is 0.311. The Kier molecular flexibility index (Phi) is 7.59. The molecule has 0 fully saturated rings. The molecule has 8 nitrogen and oxygen atoms in total. The Labute approximate surface area is 238 Å². The van der Waals surface area contributed by atoms with Crippen molar-refractivity contribution in [2.24, 2.45) is 0 Å². The lowest BCUT2D eigenvalue weighted by Crippen LogP contribution is -2.25. The zero-order chi connectivity index (χ0) is 29.4. The van der Waals surface area contributed by atoms with Gasteiger partial charge in [0.25, 0.3) is 11.1 Å². The number of halogens is 3. The van der Waals surface area contributed by atoms with E-state index in [0.29, 0.717) is 46.4 Å². The molecule has 0 aliphatic carbocycles. The summed E-state index contributed by atoms with van der Waals surface area (Å²) < 4.78 is 41.1. The molecular weight excluding hydrogens is 554 g/mol. The number of nitrogens with one attached hydrogen (secondary N) is 2. The van der Waals surface area contributed by atoms with Gasteiger partial charge in [0.05, 0.1) is 41.2 Å². The first-order valence-corrected chi connectivity index (χ1v) is 13.2. The van der Waals surface area contributed by atoms with Crippen molar-refractivity contribution in [1.82, 2.24) is 19.6 Å². The molecule has 5 aromatic rings. The van der Waals surface area contributed by atoms with E-state index in [2.05, 4.69) is 10.2 Å². The molecule has 0 aliphatic heterocycles. The zero-order valence-electron chi connectivity index (χ0n) is 22.7. The van der Waals surface area contributed by atoms with Gasteiger partial charge in [-0.05, 0) is 87.0 Å². The molecule has 0 saturated heterocycles. The number of rotatable bonds is 8. The molecule has 0 unspecified atom stereocenters.